The van der Waals surface area contributed by atoms with Crippen LogP contribution in [-0.2, 0) is 0 Å². The van der Waals surface area contributed by atoms with E-state index in [1.54, 1.807) is 13.1 Å². The van der Waals surface area contributed by atoms with Gasteiger partial charge in [-0.05, 0) is 26.0 Å². The number of rotatable bonds is 3. The lowest BCUT2D eigenvalue weighted by Crippen LogP contribution is -2.15. The fourth-order valence-electron chi connectivity index (χ4n) is 1.61. The number of nitrogens with zero attached hydrogens (tertiary/aromatic N) is 2. The summed E-state index contributed by atoms with van der Waals surface area (Å²) in [6, 6.07) is 9.63. The van der Waals surface area contributed by atoms with Gasteiger partial charge >= 0.3 is 5.69 Å². The first-order chi connectivity index (χ1) is 8.66. The first-order valence-electron chi connectivity index (χ1n) is 5.58. The number of aromatic nitrogens is 2. The number of hydrogen-bond acceptors (Lipinski definition) is 4. The highest BCUT2D eigenvalue weighted by molar-refractivity contribution is 5.82. The van der Waals surface area contributed by atoms with Crippen LogP contribution in [0.25, 0.3) is 0 Å². The minimum atomic E-state index is -0.335. The van der Waals surface area contributed by atoms with E-state index in [1.807, 2.05) is 37.3 Å². The van der Waals surface area contributed by atoms with Crippen molar-refractivity contribution in [2.24, 2.45) is 5.10 Å². The third kappa shape index (κ3) is 2.82. The average Bonchev–Trinajstić information content (AvgIpc) is 2.34. The van der Waals surface area contributed by atoms with Crippen molar-refractivity contribution in [3.8, 4) is 0 Å². The van der Waals surface area contributed by atoms with Crippen molar-refractivity contribution in [2.45, 2.75) is 13.8 Å². The molecule has 18 heavy (non-hydrogen) atoms. The van der Waals surface area contributed by atoms with E-state index in [4.69, 9.17) is 0 Å². The Labute approximate surface area is 105 Å². The Bertz CT molecular complexity index is 590. The summed E-state index contributed by atoms with van der Waals surface area (Å²) in [5.41, 5.74) is 5.72. The van der Waals surface area contributed by atoms with E-state index >= 15 is 0 Å². The standard InChI is InChI=1S/C13H14N4O/c1-9-12(10(2)16-13(18)15-9)8-14-17-11-6-4-3-5-7-11/h3-8,17H,1-2H3,(H,15,16,18)/b14-8+. The lowest BCUT2D eigenvalue weighted by Gasteiger charge is -2.03. The average molecular weight is 242 g/mol. The second-order valence-electron chi connectivity index (χ2n) is 3.90. The summed E-state index contributed by atoms with van der Waals surface area (Å²) in [6.45, 7) is 3.60. The van der Waals surface area contributed by atoms with Gasteiger partial charge in [0.05, 0.1) is 17.6 Å². The number of hydrogen-bond donors (Lipinski definition) is 2. The molecule has 2 aromatic rings. The van der Waals surface area contributed by atoms with Gasteiger partial charge in [-0.3, -0.25) is 5.43 Å². The van der Waals surface area contributed by atoms with Crippen LogP contribution in [0.4, 0.5) is 5.69 Å². The molecule has 0 aliphatic heterocycles. The molecule has 2 N–H and O–H groups in total. The van der Waals surface area contributed by atoms with Gasteiger partial charge in [0.2, 0.25) is 0 Å². The number of para-hydroxylation sites is 1. The van der Waals surface area contributed by atoms with Crippen LogP contribution in [0.5, 0.6) is 0 Å². The molecule has 0 fully saturated rings. The van der Waals surface area contributed by atoms with Crippen molar-refractivity contribution in [1.82, 2.24) is 9.97 Å². The molecule has 0 amide bonds. The first kappa shape index (κ1) is 12.0. The Hall–Kier alpha value is -2.43. The molecule has 1 aromatic carbocycles. The Balaban J connectivity index is 2.17. The van der Waals surface area contributed by atoms with Gasteiger partial charge in [-0.25, -0.2) is 4.79 Å². The fraction of sp³-hybridized carbons (Fsp3) is 0.154. The van der Waals surface area contributed by atoms with Gasteiger partial charge in [-0.15, -0.1) is 0 Å². The Morgan fingerprint density at radius 1 is 1.28 bits per heavy atom. The molecule has 0 saturated heterocycles. The second kappa shape index (κ2) is 5.27. The van der Waals surface area contributed by atoms with Crippen LogP contribution >= 0.6 is 0 Å². The summed E-state index contributed by atoms with van der Waals surface area (Å²) in [4.78, 5) is 17.6. The summed E-state index contributed by atoms with van der Waals surface area (Å²) in [6.07, 6.45) is 1.65. The maximum atomic E-state index is 11.1. The van der Waals surface area contributed by atoms with Gasteiger partial charge in [0, 0.05) is 11.3 Å². The first-order valence-corrected chi connectivity index (χ1v) is 5.58. The van der Waals surface area contributed by atoms with Crippen molar-refractivity contribution in [3.63, 3.8) is 0 Å². The lowest BCUT2D eigenvalue weighted by molar-refractivity contribution is 0.981. The molecule has 0 aliphatic carbocycles. The van der Waals surface area contributed by atoms with Gasteiger partial charge in [0.25, 0.3) is 0 Å². The van der Waals surface area contributed by atoms with E-state index in [0.29, 0.717) is 5.69 Å². The number of aromatic amines is 1. The van der Waals surface area contributed by atoms with Crippen molar-refractivity contribution in [3.05, 3.63) is 57.8 Å². The van der Waals surface area contributed by atoms with Crippen molar-refractivity contribution >= 4 is 11.9 Å². The zero-order valence-corrected chi connectivity index (χ0v) is 10.3. The quantitative estimate of drug-likeness (QED) is 0.637. The number of hydrazone groups is 1. The number of nitrogens with one attached hydrogen (secondary N) is 2. The van der Waals surface area contributed by atoms with Gasteiger partial charge in [0.1, 0.15) is 0 Å². The van der Waals surface area contributed by atoms with Crippen LogP contribution < -0.4 is 11.1 Å². The summed E-state index contributed by atoms with van der Waals surface area (Å²) in [5, 5.41) is 4.13. The zero-order valence-electron chi connectivity index (χ0n) is 10.3. The molecule has 0 radical (unpaired) electrons. The summed E-state index contributed by atoms with van der Waals surface area (Å²) >= 11 is 0. The number of aryl methyl sites for hydroxylation is 2. The maximum Gasteiger partial charge on any atom is 0.345 e. The molecule has 1 heterocycles. The van der Waals surface area contributed by atoms with Crippen LogP contribution in [0.1, 0.15) is 17.0 Å². The Kier molecular flexibility index (Phi) is 3.52. The predicted octanol–water partition coefficient (Wildman–Crippen LogP) is 1.83. The summed E-state index contributed by atoms with van der Waals surface area (Å²) in [7, 11) is 0. The third-order valence-electron chi connectivity index (χ3n) is 2.52. The molecular weight excluding hydrogens is 228 g/mol. The fourth-order valence-corrected chi connectivity index (χ4v) is 1.61. The number of benzene rings is 1. The monoisotopic (exact) mass is 242 g/mol. The van der Waals surface area contributed by atoms with Crippen molar-refractivity contribution in [1.29, 1.82) is 0 Å². The van der Waals surface area contributed by atoms with Gasteiger partial charge in [-0.1, -0.05) is 18.2 Å². The molecule has 0 atom stereocenters. The maximum absolute atomic E-state index is 11.1. The molecule has 2 rings (SSSR count). The van der Waals surface area contributed by atoms with E-state index in [2.05, 4.69) is 20.5 Å². The van der Waals surface area contributed by atoms with Crippen LogP contribution in [0.2, 0.25) is 0 Å². The van der Waals surface area contributed by atoms with Gasteiger partial charge < -0.3 is 4.98 Å². The van der Waals surface area contributed by atoms with Crippen LogP contribution in [0, 0.1) is 13.8 Å². The Morgan fingerprint density at radius 2 is 2.00 bits per heavy atom. The zero-order chi connectivity index (χ0) is 13.0. The molecule has 0 unspecified atom stereocenters. The topological polar surface area (TPSA) is 70.1 Å². The molecular formula is C13H14N4O. The van der Waals surface area contributed by atoms with E-state index in [1.165, 1.54) is 0 Å². The van der Waals surface area contributed by atoms with Gasteiger partial charge in [-0.2, -0.15) is 10.1 Å². The summed E-state index contributed by atoms with van der Waals surface area (Å²) in [5.74, 6) is 0. The molecule has 1 aromatic heterocycles. The second-order valence-corrected chi connectivity index (χ2v) is 3.90. The van der Waals surface area contributed by atoms with E-state index in [0.717, 1.165) is 16.9 Å². The van der Waals surface area contributed by atoms with Gasteiger partial charge in [0.15, 0.2) is 0 Å². The Morgan fingerprint density at radius 3 is 2.67 bits per heavy atom. The van der Waals surface area contributed by atoms with E-state index in [-0.39, 0.29) is 5.69 Å². The third-order valence-corrected chi connectivity index (χ3v) is 2.52. The van der Waals surface area contributed by atoms with E-state index < -0.39 is 0 Å². The number of H-pyrrole nitrogens is 1. The molecule has 0 bridgehead atoms. The highest BCUT2D eigenvalue weighted by atomic mass is 16.1. The van der Waals surface area contributed by atoms with E-state index in [9.17, 15) is 4.79 Å². The molecule has 5 heteroatoms. The highest BCUT2D eigenvalue weighted by Crippen LogP contribution is 2.06. The van der Waals surface area contributed by atoms with Crippen LogP contribution in [-0.4, -0.2) is 16.2 Å². The minimum absolute atomic E-state index is 0.335. The van der Waals surface area contributed by atoms with Crippen LogP contribution in [0.3, 0.4) is 0 Å². The highest BCUT2D eigenvalue weighted by Gasteiger charge is 2.02. The smallest absolute Gasteiger partial charge is 0.309 e. The van der Waals surface area contributed by atoms with Crippen molar-refractivity contribution in [2.75, 3.05) is 5.43 Å². The minimum Gasteiger partial charge on any atom is -0.309 e. The lowest BCUT2D eigenvalue weighted by atomic mass is 10.2. The molecule has 5 nitrogen and oxygen atoms in total. The SMILES string of the molecule is Cc1nc(=O)[nH]c(C)c1/C=N/Nc1ccccc1. The predicted molar refractivity (Wildman–Crippen MR) is 72.0 cm³/mol. The molecule has 92 valence electrons. The summed E-state index contributed by atoms with van der Waals surface area (Å²) < 4.78 is 0. The van der Waals surface area contributed by atoms with Crippen LogP contribution in [0.15, 0.2) is 40.2 Å². The normalized spacial score (nSPS) is 10.8. The largest absolute Gasteiger partial charge is 0.345 e. The number of anilines is 1. The molecule has 0 spiro atoms. The molecule has 0 aliphatic rings. The molecule has 0 saturated carbocycles. The van der Waals surface area contributed by atoms with Crippen molar-refractivity contribution < 1.29 is 0 Å².